The molecule has 0 aromatic heterocycles. The van der Waals surface area contributed by atoms with Crippen LogP contribution in [0.1, 0.15) is 27.0 Å². The molecular formula is C20H20F3NO2. The molecule has 3 nitrogen and oxygen atoms in total. The summed E-state index contributed by atoms with van der Waals surface area (Å²) in [5, 5.41) is 0. The van der Waals surface area contributed by atoms with E-state index in [0.717, 1.165) is 16.7 Å². The number of nitrogens with zero attached hydrogens (tertiary/aromatic N) is 1. The van der Waals surface area contributed by atoms with Crippen LogP contribution in [0.25, 0.3) is 0 Å². The summed E-state index contributed by atoms with van der Waals surface area (Å²) in [6.45, 7) is 1.57. The number of carbonyl (C=O) groups is 1. The van der Waals surface area contributed by atoms with Gasteiger partial charge in [-0.3, -0.25) is 4.79 Å². The molecule has 0 unspecified atom stereocenters. The Bertz CT molecular complexity index is 771. The van der Waals surface area contributed by atoms with Crippen LogP contribution < -0.4 is 0 Å². The summed E-state index contributed by atoms with van der Waals surface area (Å²) < 4.78 is 43.5. The van der Waals surface area contributed by atoms with E-state index in [1.165, 1.54) is 4.90 Å². The predicted molar refractivity (Wildman–Crippen MR) is 92.1 cm³/mol. The van der Waals surface area contributed by atoms with Crippen molar-refractivity contribution in [3.63, 3.8) is 0 Å². The van der Waals surface area contributed by atoms with Gasteiger partial charge in [-0.15, -0.1) is 0 Å². The normalized spacial score (nSPS) is 18.0. The molecule has 1 aliphatic rings. The maximum Gasteiger partial charge on any atom is 0.416 e. The fourth-order valence-corrected chi connectivity index (χ4v) is 3.01. The van der Waals surface area contributed by atoms with E-state index in [9.17, 15) is 18.0 Å². The minimum atomic E-state index is -4.47. The van der Waals surface area contributed by atoms with Crippen LogP contribution in [0.3, 0.4) is 0 Å². The highest BCUT2D eigenvalue weighted by molar-refractivity contribution is 5.96. The van der Waals surface area contributed by atoms with Crippen molar-refractivity contribution in [2.75, 3.05) is 19.7 Å². The highest BCUT2D eigenvalue weighted by atomic mass is 19.4. The molecule has 26 heavy (non-hydrogen) atoms. The Balaban J connectivity index is 1.80. The molecule has 0 N–H and O–H groups in total. The first kappa shape index (κ1) is 18.5. The van der Waals surface area contributed by atoms with Crippen LogP contribution in [0.4, 0.5) is 13.2 Å². The van der Waals surface area contributed by atoms with E-state index in [4.69, 9.17) is 4.74 Å². The van der Waals surface area contributed by atoms with Gasteiger partial charge >= 0.3 is 6.18 Å². The standard InChI is InChI=1S/C20H20F3NO2/c1-14-6-8-15(9-7-14)12-16-4-2-3-5-17(16)19(25)24-10-11-26-18(13-24)20(21,22)23/h2-9,18H,10-13H2,1H3/t18-/m0/s1. The first-order valence-corrected chi connectivity index (χ1v) is 8.45. The molecule has 2 aromatic carbocycles. The molecule has 1 saturated heterocycles. The lowest BCUT2D eigenvalue weighted by molar-refractivity contribution is -0.233. The third-order valence-electron chi connectivity index (χ3n) is 4.48. The Hall–Kier alpha value is -2.34. The average molecular weight is 363 g/mol. The summed E-state index contributed by atoms with van der Waals surface area (Å²) in [5.41, 5.74) is 3.43. The van der Waals surface area contributed by atoms with Gasteiger partial charge in [-0.05, 0) is 30.5 Å². The Morgan fingerprint density at radius 2 is 1.85 bits per heavy atom. The van der Waals surface area contributed by atoms with Crippen molar-refractivity contribution in [1.29, 1.82) is 0 Å². The molecule has 6 heteroatoms. The summed E-state index contributed by atoms with van der Waals surface area (Å²) in [4.78, 5) is 14.1. The maximum absolute atomic E-state index is 12.9. The van der Waals surface area contributed by atoms with E-state index in [2.05, 4.69) is 0 Å². The number of rotatable bonds is 3. The molecule has 0 aliphatic carbocycles. The van der Waals surface area contributed by atoms with E-state index < -0.39 is 18.8 Å². The van der Waals surface area contributed by atoms with Gasteiger partial charge in [-0.25, -0.2) is 0 Å². The molecule has 138 valence electrons. The van der Waals surface area contributed by atoms with Gasteiger partial charge in [0.25, 0.3) is 5.91 Å². The minimum absolute atomic E-state index is 0.115. The molecule has 1 aliphatic heterocycles. The number of carbonyl (C=O) groups excluding carboxylic acids is 1. The zero-order chi connectivity index (χ0) is 18.7. The van der Waals surface area contributed by atoms with Crippen molar-refractivity contribution in [3.8, 4) is 0 Å². The Morgan fingerprint density at radius 1 is 1.15 bits per heavy atom. The molecule has 1 atom stereocenters. The van der Waals surface area contributed by atoms with Crippen LogP contribution in [0.15, 0.2) is 48.5 Å². The number of alkyl halides is 3. The number of morpholine rings is 1. The van der Waals surface area contributed by atoms with Crippen molar-refractivity contribution < 1.29 is 22.7 Å². The van der Waals surface area contributed by atoms with E-state index >= 15 is 0 Å². The molecule has 0 radical (unpaired) electrons. The van der Waals surface area contributed by atoms with E-state index in [1.54, 1.807) is 12.1 Å². The van der Waals surface area contributed by atoms with Crippen LogP contribution in [-0.4, -0.2) is 42.8 Å². The fourth-order valence-electron chi connectivity index (χ4n) is 3.01. The van der Waals surface area contributed by atoms with Crippen molar-refractivity contribution >= 4 is 5.91 Å². The molecule has 0 saturated carbocycles. The average Bonchev–Trinajstić information content (AvgIpc) is 2.63. The largest absolute Gasteiger partial charge is 0.416 e. The third kappa shape index (κ3) is 4.25. The van der Waals surface area contributed by atoms with Crippen molar-refractivity contribution in [1.82, 2.24) is 4.90 Å². The Labute approximate surface area is 150 Å². The minimum Gasteiger partial charge on any atom is -0.365 e. The van der Waals surface area contributed by atoms with E-state index in [-0.39, 0.29) is 19.1 Å². The third-order valence-corrected chi connectivity index (χ3v) is 4.48. The first-order valence-electron chi connectivity index (χ1n) is 8.45. The second-order valence-electron chi connectivity index (χ2n) is 6.47. The molecule has 1 fully saturated rings. The van der Waals surface area contributed by atoms with Gasteiger partial charge < -0.3 is 9.64 Å². The lowest BCUT2D eigenvalue weighted by atomic mass is 9.98. The summed E-state index contributed by atoms with van der Waals surface area (Å²) in [7, 11) is 0. The summed E-state index contributed by atoms with van der Waals surface area (Å²) in [6, 6.07) is 15.0. The molecular weight excluding hydrogens is 343 g/mol. The number of hydrogen-bond donors (Lipinski definition) is 0. The Morgan fingerprint density at radius 3 is 2.54 bits per heavy atom. The second-order valence-corrected chi connectivity index (χ2v) is 6.47. The first-order chi connectivity index (χ1) is 12.3. The number of amides is 1. The lowest BCUT2D eigenvalue weighted by Crippen LogP contribution is -2.51. The quantitative estimate of drug-likeness (QED) is 0.825. The number of halogens is 3. The zero-order valence-corrected chi connectivity index (χ0v) is 14.4. The van der Waals surface area contributed by atoms with Crippen LogP contribution in [0, 0.1) is 6.92 Å². The van der Waals surface area contributed by atoms with Crippen LogP contribution >= 0.6 is 0 Å². The molecule has 0 spiro atoms. The molecule has 2 aromatic rings. The van der Waals surface area contributed by atoms with Gasteiger partial charge in [-0.1, -0.05) is 48.0 Å². The highest BCUT2D eigenvalue weighted by Crippen LogP contribution is 2.27. The topological polar surface area (TPSA) is 29.5 Å². The predicted octanol–water partition coefficient (Wildman–Crippen LogP) is 3.99. The smallest absolute Gasteiger partial charge is 0.365 e. The van der Waals surface area contributed by atoms with Gasteiger partial charge in [-0.2, -0.15) is 13.2 Å². The molecule has 1 amide bonds. The molecule has 0 bridgehead atoms. The van der Waals surface area contributed by atoms with Gasteiger partial charge in [0, 0.05) is 12.1 Å². The van der Waals surface area contributed by atoms with Crippen LogP contribution in [-0.2, 0) is 11.2 Å². The second kappa shape index (κ2) is 7.50. The van der Waals surface area contributed by atoms with Gasteiger partial charge in [0.1, 0.15) is 0 Å². The van der Waals surface area contributed by atoms with Crippen LogP contribution in [0.2, 0.25) is 0 Å². The van der Waals surface area contributed by atoms with Crippen molar-refractivity contribution in [2.45, 2.75) is 25.6 Å². The van der Waals surface area contributed by atoms with Gasteiger partial charge in [0.15, 0.2) is 6.10 Å². The lowest BCUT2D eigenvalue weighted by Gasteiger charge is -2.34. The van der Waals surface area contributed by atoms with Crippen molar-refractivity contribution in [3.05, 3.63) is 70.8 Å². The zero-order valence-electron chi connectivity index (χ0n) is 14.4. The number of ether oxygens (including phenoxy) is 1. The van der Waals surface area contributed by atoms with Gasteiger partial charge in [0.05, 0.1) is 13.2 Å². The summed E-state index contributed by atoms with van der Waals surface area (Å²) in [5.74, 6) is -0.384. The number of aryl methyl sites for hydroxylation is 1. The van der Waals surface area contributed by atoms with E-state index in [1.807, 2.05) is 43.3 Å². The molecule has 3 rings (SSSR count). The molecule has 1 heterocycles. The summed E-state index contributed by atoms with van der Waals surface area (Å²) in [6.07, 6.45) is -5.85. The maximum atomic E-state index is 12.9. The van der Waals surface area contributed by atoms with E-state index in [0.29, 0.717) is 12.0 Å². The van der Waals surface area contributed by atoms with Gasteiger partial charge in [0.2, 0.25) is 0 Å². The summed E-state index contributed by atoms with van der Waals surface area (Å²) >= 11 is 0. The van der Waals surface area contributed by atoms with Crippen LogP contribution in [0.5, 0.6) is 0 Å². The number of hydrogen-bond acceptors (Lipinski definition) is 2. The monoisotopic (exact) mass is 363 g/mol. The fraction of sp³-hybridized carbons (Fsp3) is 0.350. The number of benzene rings is 2. The highest BCUT2D eigenvalue weighted by Gasteiger charge is 2.44. The Kier molecular flexibility index (Phi) is 5.32. The SMILES string of the molecule is Cc1ccc(Cc2ccccc2C(=O)N2CCO[C@H](C(F)(F)F)C2)cc1. The van der Waals surface area contributed by atoms with Crippen molar-refractivity contribution in [2.24, 2.45) is 0 Å².